The number of nitrogens with zero attached hydrogens (tertiary/aromatic N) is 1. The van der Waals surface area contributed by atoms with Crippen molar-refractivity contribution in [1.82, 2.24) is 4.98 Å². The summed E-state index contributed by atoms with van der Waals surface area (Å²) in [6.07, 6.45) is 5.34. The molecular weight excluding hydrogens is 403 g/mol. The Morgan fingerprint density at radius 3 is 2.50 bits per heavy atom. The molecule has 3 N–H and O–H groups in total. The average molecular weight is 426 g/mol. The molecule has 5 rings (SSSR count). The molecule has 0 atom stereocenters. The highest BCUT2D eigenvalue weighted by molar-refractivity contribution is 6.04. The zero-order valence-corrected chi connectivity index (χ0v) is 17.4. The number of nitrogens with one attached hydrogen (secondary N) is 3. The van der Waals surface area contributed by atoms with Gasteiger partial charge in [0.2, 0.25) is 0 Å². The molecule has 6 heteroatoms. The summed E-state index contributed by atoms with van der Waals surface area (Å²) < 4.78 is 13.7. The van der Waals surface area contributed by atoms with E-state index in [0.717, 1.165) is 22.7 Å². The smallest absolute Gasteiger partial charge is 0.255 e. The van der Waals surface area contributed by atoms with Gasteiger partial charge in [0.25, 0.3) is 5.91 Å². The van der Waals surface area contributed by atoms with Gasteiger partial charge in [-0.15, -0.1) is 0 Å². The van der Waals surface area contributed by atoms with Gasteiger partial charge in [-0.05, 0) is 86.0 Å². The van der Waals surface area contributed by atoms with Crippen molar-refractivity contribution in [3.05, 3.63) is 90.4 Å². The van der Waals surface area contributed by atoms with Crippen LogP contribution in [0.4, 0.5) is 27.1 Å². The van der Waals surface area contributed by atoms with Gasteiger partial charge in [0.1, 0.15) is 5.82 Å². The van der Waals surface area contributed by atoms with E-state index in [1.54, 1.807) is 30.5 Å². The second-order valence-electron chi connectivity index (χ2n) is 8.03. The van der Waals surface area contributed by atoms with Crippen molar-refractivity contribution in [1.29, 1.82) is 0 Å². The number of carbonyl (C=O) groups is 1. The standard InChI is InChI=1S/C26H23FN4O/c27-18-9-12-24-23(15-18)25(13-14-28-24)30-20-10-7-17(8-11-20)26(32)31-22-6-2-5-21(16-22)29-19-3-1-4-19/h2,5-16,19,29H,1,3-4H2,(H,28,30)(H,31,32). The highest BCUT2D eigenvalue weighted by Crippen LogP contribution is 2.27. The van der Waals surface area contributed by atoms with Crippen LogP contribution in [0.2, 0.25) is 0 Å². The molecule has 1 heterocycles. The van der Waals surface area contributed by atoms with Crippen LogP contribution < -0.4 is 16.0 Å². The quantitative estimate of drug-likeness (QED) is 0.337. The minimum Gasteiger partial charge on any atom is -0.382 e. The topological polar surface area (TPSA) is 66.1 Å². The third kappa shape index (κ3) is 4.39. The molecule has 1 saturated carbocycles. The minimum atomic E-state index is -0.312. The number of aromatic nitrogens is 1. The van der Waals surface area contributed by atoms with Crippen LogP contribution in [-0.2, 0) is 0 Å². The Bertz CT molecular complexity index is 1270. The van der Waals surface area contributed by atoms with E-state index in [0.29, 0.717) is 22.5 Å². The zero-order chi connectivity index (χ0) is 21.9. The lowest BCUT2D eigenvalue weighted by Crippen LogP contribution is -2.26. The van der Waals surface area contributed by atoms with Gasteiger partial charge in [0.15, 0.2) is 0 Å². The molecule has 160 valence electrons. The lowest BCUT2D eigenvalue weighted by atomic mass is 9.93. The van der Waals surface area contributed by atoms with Crippen molar-refractivity contribution in [3.63, 3.8) is 0 Å². The Labute approximate surface area is 185 Å². The summed E-state index contributed by atoms with van der Waals surface area (Å²) in [5, 5.41) is 10.4. The van der Waals surface area contributed by atoms with Crippen molar-refractivity contribution in [2.24, 2.45) is 0 Å². The van der Waals surface area contributed by atoms with E-state index in [1.807, 2.05) is 36.4 Å². The number of benzene rings is 3. The van der Waals surface area contributed by atoms with Crippen LogP contribution in [0.15, 0.2) is 79.0 Å². The molecule has 0 saturated heterocycles. The highest BCUT2D eigenvalue weighted by Gasteiger charge is 2.17. The SMILES string of the molecule is O=C(Nc1cccc(NC2CCC2)c1)c1ccc(Nc2ccnc3ccc(F)cc23)cc1. The van der Waals surface area contributed by atoms with Gasteiger partial charge in [-0.2, -0.15) is 0 Å². The van der Waals surface area contributed by atoms with Crippen LogP contribution in [0, 0.1) is 5.82 Å². The average Bonchev–Trinajstić information content (AvgIpc) is 2.77. The number of halogens is 1. The van der Waals surface area contributed by atoms with Crippen molar-refractivity contribution < 1.29 is 9.18 Å². The summed E-state index contributed by atoms with van der Waals surface area (Å²) in [5.74, 6) is -0.485. The first-order valence-corrected chi connectivity index (χ1v) is 10.7. The molecule has 0 spiro atoms. The summed E-state index contributed by atoms with van der Waals surface area (Å²) in [7, 11) is 0. The normalized spacial score (nSPS) is 13.4. The fourth-order valence-corrected chi connectivity index (χ4v) is 3.77. The largest absolute Gasteiger partial charge is 0.382 e. The Hall–Kier alpha value is -3.93. The van der Waals surface area contributed by atoms with E-state index in [9.17, 15) is 9.18 Å². The first-order chi connectivity index (χ1) is 15.6. The van der Waals surface area contributed by atoms with Gasteiger partial charge in [-0.1, -0.05) is 6.07 Å². The fourth-order valence-electron chi connectivity index (χ4n) is 3.77. The number of rotatable bonds is 6. The van der Waals surface area contributed by atoms with Crippen LogP contribution in [0.25, 0.3) is 10.9 Å². The molecule has 1 aliphatic rings. The Kier molecular flexibility index (Phi) is 5.42. The Morgan fingerprint density at radius 1 is 0.906 bits per heavy atom. The number of amides is 1. The molecule has 5 nitrogen and oxygen atoms in total. The van der Waals surface area contributed by atoms with E-state index in [2.05, 4.69) is 20.9 Å². The second kappa shape index (κ2) is 8.67. The highest BCUT2D eigenvalue weighted by atomic mass is 19.1. The summed E-state index contributed by atoms with van der Waals surface area (Å²) in [4.78, 5) is 17.0. The first-order valence-electron chi connectivity index (χ1n) is 10.7. The maximum absolute atomic E-state index is 13.7. The fraction of sp³-hybridized carbons (Fsp3) is 0.154. The molecule has 0 aliphatic heterocycles. The van der Waals surface area contributed by atoms with E-state index in [1.165, 1.54) is 31.4 Å². The number of fused-ring (bicyclic) bond motifs is 1. The van der Waals surface area contributed by atoms with Crippen LogP contribution in [-0.4, -0.2) is 16.9 Å². The van der Waals surface area contributed by atoms with E-state index in [4.69, 9.17) is 0 Å². The van der Waals surface area contributed by atoms with Gasteiger partial charge >= 0.3 is 0 Å². The Morgan fingerprint density at radius 2 is 1.72 bits per heavy atom. The van der Waals surface area contributed by atoms with Gasteiger partial charge in [0.05, 0.1) is 5.52 Å². The minimum absolute atomic E-state index is 0.172. The molecule has 4 aromatic rings. The predicted molar refractivity (Wildman–Crippen MR) is 127 cm³/mol. The molecule has 0 unspecified atom stereocenters. The van der Waals surface area contributed by atoms with E-state index in [-0.39, 0.29) is 11.7 Å². The number of carbonyl (C=O) groups excluding carboxylic acids is 1. The monoisotopic (exact) mass is 426 g/mol. The summed E-state index contributed by atoms with van der Waals surface area (Å²) >= 11 is 0. The van der Waals surface area contributed by atoms with E-state index < -0.39 is 0 Å². The van der Waals surface area contributed by atoms with Crippen molar-refractivity contribution in [2.75, 3.05) is 16.0 Å². The molecule has 1 aliphatic carbocycles. The van der Waals surface area contributed by atoms with Crippen LogP contribution in [0.1, 0.15) is 29.6 Å². The third-order valence-electron chi connectivity index (χ3n) is 5.73. The third-order valence-corrected chi connectivity index (χ3v) is 5.73. The van der Waals surface area contributed by atoms with Crippen LogP contribution in [0.3, 0.4) is 0 Å². The van der Waals surface area contributed by atoms with Crippen LogP contribution in [0.5, 0.6) is 0 Å². The molecule has 0 bridgehead atoms. The van der Waals surface area contributed by atoms with Crippen molar-refractivity contribution >= 4 is 39.6 Å². The van der Waals surface area contributed by atoms with Crippen LogP contribution >= 0.6 is 0 Å². The number of hydrogen-bond donors (Lipinski definition) is 3. The van der Waals surface area contributed by atoms with Gasteiger partial charge < -0.3 is 16.0 Å². The second-order valence-corrected chi connectivity index (χ2v) is 8.03. The molecule has 1 fully saturated rings. The molecule has 3 aromatic carbocycles. The van der Waals surface area contributed by atoms with E-state index >= 15 is 0 Å². The first kappa shape index (κ1) is 20.0. The van der Waals surface area contributed by atoms with Crippen molar-refractivity contribution in [2.45, 2.75) is 25.3 Å². The summed E-state index contributed by atoms with van der Waals surface area (Å²) in [5.41, 5.74) is 4.59. The summed E-state index contributed by atoms with van der Waals surface area (Å²) in [6.45, 7) is 0. The predicted octanol–water partition coefficient (Wildman–Crippen LogP) is 6.33. The molecule has 0 radical (unpaired) electrons. The molecular formula is C26H23FN4O. The zero-order valence-electron chi connectivity index (χ0n) is 17.4. The molecule has 1 amide bonds. The molecule has 1 aromatic heterocycles. The number of anilines is 4. The number of hydrogen-bond acceptors (Lipinski definition) is 4. The maximum Gasteiger partial charge on any atom is 0.255 e. The van der Waals surface area contributed by atoms with Gasteiger partial charge in [0, 0.05) is 45.9 Å². The summed E-state index contributed by atoms with van der Waals surface area (Å²) in [6, 6.07) is 21.8. The van der Waals surface area contributed by atoms with Gasteiger partial charge in [-0.3, -0.25) is 9.78 Å². The maximum atomic E-state index is 13.7. The van der Waals surface area contributed by atoms with Gasteiger partial charge in [-0.25, -0.2) is 4.39 Å². The number of pyridine rings is 1. The Balaban J connectivity index is 1.27. The lowest BCUT2D eigenvalue weighted by Gasteiger charge is -2.27. The lowest BCUT2D eigenvalue weighted by molar-refractivity contribution is 0.102. The molecule has 32 heavy (non-hydrogen) atoms. The van der Waals surface area contributed by atoms with Crippen molar-refractivity contribution in [3.8, 4) is 0 Å².